The minimum atomic E-state index is -2.00. The standard InChI is InChI=1S/C20H16N4O2/c1-18-7-15(13-3-5-14(26-2)6-4-13)17(16(25)8-18)19(9-21,10-22)20(18,11-23)12-24/h3-6,15,17H,7-8H2,1-2H3/t15-,17+,18-/m1/s1. The molecule has 0 aliphatic heterocycles. The number of carbonyl (C=O) groups is 1. The molecule has 128 valence electrons. The van der Waals surface area contributed by atoms with E-state index in [1.807, 2.05) is 24.3 Å². The molecule has 0 heterocycles. The van der Waals surface area contributed by atoms with E-state index in [4.69, 9.17) is 4.74 Å². The molecule has 6 heteroatoms. The molecule has 2 bridgehead atoms. The van der Waals surface area contributed by atoms with Crippen LogP contribution in [0.3, 0.4) is 0 Å². The average Bonchev–Trinajstić information content (AvgIpc) is 2.66. The van der Waals surface area contributed by atoms with Crippen LogP contribution in [-0.2, 0) is 4.79 Å². The van der Waals surface area contributed by atoms with Crippen molar-refractivity contribution in [1.82, 2.24) is 0 Å². The fraction of sp³-hybridized carbons (Fsp3) is 0.450. The molecule has 0 unspecified atom stereocenters. The van der Waals surface area contributed by atoms with Gasteiger partial charge in [-0.1, -0.05) is 19.1 Å². The first-order chi connectivity index (χ1) is 12.4. The second-order valence-corrected chi connectivity index (χ2v) is 7.27. The van der Waals surface area contributed by atoms with Crippen molar-refractivity contribution in [2.45, 2.75) is 25.7 Å². The number of methoxy groups -OCH3 is 1. The maximum absolute atomic E-state index is 12.9. The van der Waals surface area contributed by atoms with Crippen LogP contribution in [0.4, 0.5) is 0 Å². The molecule has 26 heavy (non-hydrogen) atoms. The lowest BCUT2D eigenvalue weighted by Crippen LogP contribution is -2.66. The molecule has 0 amide bonds. The molecule has 0 saturated heterocycles. The van der Waals surface area contributed by atoms with Crippen LogP contribution in [0.15, 0.2) is 24.3 Å². The molecule has 3 saturated carbocycles. The minimum Gasteiger partial charge on any atom is -0.497 e. The Hall–Kier alpha value is -3.35. The summed E-state index contributed by atoms with van der Waals surface area (Å²) in [5, 5.41) is 39.5. The summed E-state index contributed by atoms with van der Waals surface area (Å²) in [6, 6.07) is 14.9. The summed E-state index contributed by atoms with van der Waals surface area (Å²) >= 11 is 0. The third-order valence-corrected chi connectivity index (χ3v) is 6.18. The quantitative estimate of drug-likeness (QED) is 0.813. The number of carbonyl (C=O) groups excluding carboxylic acids is 1. The molecule has 0 spiro atoms. The van der Waals surface area contributed by atoms with Crippen LogP contribution in [-0.4, -0.2) is 12.9 Å². The number of fused-ring (bicyclic) bond motifs is 3. The van der Waals surface area contributed by atoms with Gasteiger partial charge in [-0.3, -0.25) is 4.79 Å². The van der Waals surface area contributed by atoms with E-state index in [2.05, 4.69) is 0 Å². The van der Waals surface area contributed by atoms with E-state index in [1.165, 1.54) is 0 Å². The van der Waals surface area contributed by atoms with E-state index < -0.39 is 28.1 Å². The van der Waals surface area contributed by atoms with Crippen molar-refractivity contribution in [2.24, 2.45) is 22.2 Å². The third kappa shape index (κ3) is 1.79. The van der Waals surface area contributed by atoms with Crippen LogP contribution >= 0.6 is 0 Å². The van der Waals surface area contributed by atoms with E-state index >= 15 is 0 Å². The lowest BCUT2D eigenvalue weighted by molar-refractivity contribution is -0.153. The Morgan fingerprint density at radius 1 is 1.04 bits per heavy atom. The Balaban J connectivity index is 2.25. The van der Waals surface area contributed by atoms with Crippen LogP contribution in [0.5, 0.6) is 5.75 Å². The zero-order valence-corrected chi connectivity index (χ0v) is 14.5. The van der Waals surface area contributed by atoms with E-state index in [-0.39, 0.29) is 12.2 Å². The van der Waals surface area contributed by atoms with E-state index in [0.29, 0.717) is 12.2 Å². The smallest absolute Gasteiger partial charge is 0.186 e. The van der Waals surface area contributed by atoms with Crippen molar-refractivity contribution < 1.29 is 9.53 Å². The fourth-order valence-corrected chi connectivity index (χ4v) is 4.90. The fourth-order valence-electron chi connectivity index (χ4n) is 4.90. The zero-order valence-electron chi connectivity index (χ0n) is 14.5. The number of hydrogen-bond acceptors (Lipinski definition) is 6. The number of rotatable bonds is 2. The summed E-state index contributed by atoms with van der Waals surface area (Å²) in [7, 11) is 1.55. The molecule has 3 fully saturated rings. The van der Waals surface area contributed by atoms with Gasteiger partial charge in [0, 0.05) is 11.8 Å². The predicted molar refractivity (Wildman–Crippen MR) is 88.9 cm³/mol. The largest absolute Gasteiger partial charge is 0.497 e. The highest BCUT2D eigenvalue weighted by molar-refractivity contribution is 5.88. The van der Waals surface area contributed by atoms with Gasteiger partial charge < -0.3 is 4.74 Å². The number of hydrogen-bond donors (Lipinski definition) is 0. The zero-order chi connectivity index (χ0) is 19.2. The Morgan fingerprint density at radius 3 is 2.08 bits per heavy atom. The normalized spacial score (nSPS) is 30.3. The van der Waals surface area contributed by atoms with Crippen molar-refractivity contribution in [3.63, 3.8) is 0 Å². The van der Waals surface area contributed by atoms with Crippen LogP contribution in [0.25, 0.3) is 0 Å². The Bertz CT molecular complexity index is 910. The molecule has 4 rings (SSSR count). The van der Waals surface area contributed by atoms with Gasteiger partial charge in [0.2, 0.25) is 0 Å². The molecule has 1 aromatic rings. The van der Waals surface area contributed by atoms with Crippen LogP contribution < -0.4 is 4.74 Å². The van der Waals surface area contributed by atoms with Gasteiger partial charge in [-0.05, 0) is 30.0 Å². The lowest BCUT2D eigenvalue weighted by Gasteiger charge is -2.59. The highest BCUT2D eigenvalue weighted by Crippen LogP contribution is 2.70. The summed E-state index contributed by atoms with van der Waals surface area (Å²) in [6.45, 7) is 1.67. The first kappa shape index (κ1) is 17.5. The molecule has 0 aromatic heterocycles. The molecular formula is C20H16N4O2. The van der Waals surface area contributed by atoms with Crippen LogP contribution in [0.1, 0.15) is 31.2 Å². The second-order valence-electron chi connectivity index (χ2n) is 7.27. The first-order valence-electron chi connectivity index (χ1n) is 8.20. The topological polar surface area (TPSA) is 121 Å². The minimum absolute atomic E-state index is 0.0244. The maximum atomic E-state index is 12.9. The number of Topliss-reactive ketones (excluding diaryl/α,β-unsaturated/α-hetero) is 1. The van der Waals surface area contributed by atoms with Gasteiger partial charge in [-0.25, -0.2) is 0 Å². The number of ether oxygens (including phenoxy) is 1. The van der Waals surface area contributed by atoms with Gasteiger partial charge >= 0.3 is 0 Å². The van der Waals surface area contributed by atoms with Gasteiger partial charge in [-0.2, -0.15) is 21.0 Å². The summed E-state index contributed by atoms with van der Waals surface area (Å²) < 4.78 is 5.15. The number of ketones is 1. The van der Waals surface area contributed by atoms with E-state index in [9.17, 15) is 25.8 Å². The van der Waals surface area contributed by atoms with Crippen LogP contribution in [0, 0.1) is 67.5 Å². The van der Waals surface area contributed by atoms with Gasteiger partial charge in [0.15, 0.2) is 10.8 Å². The summed E-state index contributed by atoms with van der Waals surface area (Å²) in [4.78, 5) is 12.9. The Labute approximate surface area is 151 Å². The molecule has 1 aromatic carbocycles. The lowest BCUT2D eigenvalue weighted by atomic mass is 9.35. The Kier molecular flexibility index (Phi) is 3.75. The van der Waals surface area contributed by atoms with Gasteiger partial charge in [0.1, 0.15) is 11.5 Å². The van der Waals surface area contributed by atoms with Gasteiger partial charge in [0.05, 0.1) is 37.3 Å². The van der Waals surface area contributed by atoms with Gasteiger partial charge in [-0.15, -0.1) is 0 Å². The molecule has 0 N–H and O–H groups in total. The van der Waals surface area contributed by atoms with E-state index in [0.717, 1.165) is 5.56 Å². The van der Waals surface area contributed by atoms with Crippen molar-refractivity contribution in [3.8, 4) is 30.0 Å². The average molecular weight is 344 g/mol. The molecular weight excluding hydrogens is 328 g/mol. The van der Waals surface area contributed by atoms with Gasteiger partial charge in [0.25, 0.3) is 0 Å². The predicted octanol–water partition coefficient (Wildman–Crippen LogP) is 2.84. The molecule has 3 aliphatic carbocycles. The van der Waals surface area contributed by atoms with Crippen molar-refractivity contribution in [2.75, 3.05) is 7.11 Å². The molecule has 3 atom stereocenters. The summed E-state index contributed by atoms with van der Waals surface area (Å²) in [5.41, 5.74) is -4.11. The molecule has 0 radical (unpaired) electrons. The van der Waals surface area contributed by atoms with Crippen LogP contribution in [0.2, 0.25) is 0 Å². The molecule has 3 aliphatic rings. The highest BCUT2D eigenvalue weighted by Gasteiger charge is 2.77. The van der Waals surface area contributed by atoms with Crippen molar-refractivity contribution in [1.29, 1.82) is 21.0 Å². The summed E-state index contributed by atoms with van der Waals surface area (Å²) in [5.74, 6) is -0.987. The number of benzene rings is 1. The van der Waals surface area contributed by atoms with Crippen molar-refractivity contribution in [3.05, 3.63) is 29.8 Å². The number of nitriles is 4. The third-order valence-electron chi connectivity index (χ3n) is 6.18. The first-order valence-corrected chi connectivity index (χ1v) is 8.20. The maximum Gasteiger partial charge on any atom is 0.186 e. The Morgan fingerprint density at radius 2 is 1.62 bits per heavy atom. The monoisotopic (exact) mass is 344 g/mol. The SMILES string of the molecule is COc1ccc([C@H]2C[C@]3(C)CC(=O)[C@H]2C(C#N)(C#N)C3(C#N)C#N)cc1. The van der Waals surface area contributed by atoms with Crippen molar-refractivity contribution >= 4 is 5.78 Å². The second kappa shape index (κ2) is 5.59. The summed E-state index contributed by atoms with van der Waals surface area (Å²) in [6.07, 6.45) is 0.415. The van der Waals surface area contributed by atoms with E-state index in [1.54, 1.807) is 38.3 Å². The molecule has 6 nitrogen and oxygen atoms in total. The number of nitrogens with zero attached hydrogens (tertiary/aromatic N) is 4. The highest BCUT2D eigenvalue weighted by atomic mass is 16.5.